The van der Waals surface area contributed by atoms with Gasteiger partial charge in [-0.3, -0.25) is 9.59 Å². The number of hydrogen-bond acceptors (Lipinski definition) is 3. The summed E-state index contributed by atoms with van der Waals surface area (Å²) in [7, 11) is 0. The first-order valence-electron chi connectivity index (χ1n) is 12.6. The molecule has 0 aromatic rings. The standard InChI is InChI=1S/C26H42O3/c1-4-5-6-7-8-24(28)29-19-13-15-25(2)18(17-19)9-10-20-21-11-12-23(27)26(21,3)16-14-22(20)25/h18-22H,4-17H2,1-3H3/t18-,19+,20-,21-,22-,25-,26-/m0/s1. The molecule has 4 fully saturated rings. The average Bonchev–Trinajstić information content (AvgIpc) is 3.00. The Morgan fingerprint density at radius 3 is 2.62 bits per heavy atom. The number of fused-ring (bicyclic) bond motifs is 5. The number of carbonyl (C=O) groups excluding carboxylic acids is 2. The van der Waals surface area contributed by atoms with Gasteiger partial charge in [0.2, 0.25) is 0 Å². The fourth-order valence-corrected chi connectivity index (χ4v) is 8.04. The number of Topliss-reactive ketones (excluding diaryl/α,β-unsaturated/α-hetero) is 1. The molecule has 4 saturated carbocycles. The molecule has 3 heteroatoms. The second-order valence-corrected chi connectivity index (χ2v) is 11.3. The molecule has 4 rings (SSSR count). The van der Waals surface area contributed by atoms with Crippen molar-refractivity contribution in [3.8, 4) is 0 Å². The fraction of sp³-hybridized carbons (Fsp3) is 0.923. The van der Waals surface area contributed by atoms with Crippen molar-refractivity contribution in [3.05, 3.63) is 0 Å². The van der Waals surface area contributed by atoms with Crippen molar-refractivity contribution >= 4 is 11.8 Å². The van der Waals surface area contributed by atoms with Gasteiger partial charge in [0.15, 0.2) is 0 Å². The number of rotatable bonds is 6. The summed E-state index contributed by atoms with van der Waals surface area (Å²) in [5, 5.41) is 0. The second-order valence-electron chi connectivity index (χ2n) is 11.3. The monoisotopic (exact) mass is 402 g/mol. The van der Waals surface area contributed by atoms with Crippen LogP contribution >= 0.6 is 0 Å². The van der Waals surface area contributed by atoms with Crippen molar-refractivity contribution in [1.29, 1.82) is 0 Å². The normalized spacial score (nSPS) is 44.0. The number of esters is 1. The SMILES string of the molecule is CCCCCCC(=O)O[C@@H]1CC[C@@]2(C)[C@@H](CC[C@@H]3[C@@H]2CC[C@]2(C)C(=O)CC[C@@H]32)C1. The third-order valence-corrected chi connectivity index (χ3v) is 9.86. The highest BCUT2D eigenvalue weighted by atomic mass is 16.5. The highest BCUT2D eigenvalue weighted by Gasteiger charge is 2.60. The van der Waals surface area contributed by atoms with Crippen LogP contribution in [0.4, 0.5) is 0 Å². The predicted molar refractivity (Wildman–Crippen MR) is 115 cm³/mol. The third-order valence-electron chi connectivity index (χ3n) is 9.86. The minimum atomic E-state index is -0.0190. The lowest BCUT2D eigenvalue weighted by Crippen LogP contribution is -2.54. The maximum absolute atomic E-state index is 12.6. The van der Waals surface area contributed by atoms with E-state index in [1.54, 1.807) is 0 Å². The molecular formula is C26H42O3. The molecule has 29 heavy (non-hydrogen) atoms. The molecule has 4 aliphatic carbocycles. The van der Waals surface area contributed by atoms with Crippen molar-refractivity contribution in [3.63, 3.8) is 0 Å². The number of hydrogen-bond donors (Lipinski definition) is 0. The van der Waals surface area contributed by atoms with E-state index in [1.807, 2.05) is 0 Å². The van der Waals surface area contributed by atoms with Gasteiger partial charge in [0.1, 0.15) is 11.9 Å². The van der Waals surface area contributed by atoms with Crippen molar-refractivity contribution in [2.75, 3.05) is 0 Å². The summed E-state index contributed by atoms with van der Waals surface area (Å²) >= 11 is 0. The molecule has 0 spiro atoms. The quantitative estimate of drug-likeness (QED) is 0.377. The van der Waals surface area contributed by atoms with E-state index in [1.165, 1.54) is 38.5 Å². The lowest BCUT2D eigenvalue weighted by atomic mass is 9.45. The Morgan fingerprint density at radius 2 is 1.83 bits per heavy atom. The van der Waals surface area contributed by atoms with E-state index in [2.05, 4.69) is 20.8 Å². The van der Waals surface area contributed by atoms with Crippen LogP contribution in [0.15, 0.2) is 0 Å². The van der Waals surface area contributed by atoms with Gasteiger partial charge in [0.25, 0.3) is 0 Å². The van der Waals surface area contributed by atoms with Crippen LogP contribution in [0.1, 0.15) is 111 Å². The molecule has 0 saturated heterocycles. The van der Waals surface area contributed by atoms with E-state index in [0.29, 0.717) is 29.5 Å². The molecule has 0 aromatic heterocycles. The zero-order valence-electron chi connectivity index (χ0n) is 19.0. The number of ketones is 1. The Kier molecular flexibility index (Phi) is 6.15. The zero-order chi connectivity index (χ0) is 20.6. The summed E-state index contributed by atoms with van der Waals surface area (Å²) in [5.74, 6) is 3.42. The lowest BCUT2D eigenvalue weighted by molar-refractivity contribution is -0.162. The van der Waals surface area contributed by atoms with E-state index < -0.39 is 0 Å². The maximum atomic E-state index is 12.6. The van der Waals surface area contributed by atoms with Crippen LogP contribution in [-0.4, -0.2) is 17.9 Å². The molecule has 0 radical (unpaired) electrons. The van der Waals surface area contributed by atoms with Crippen LogP contribution in [-0.2, 0) is 14.3 Å². The smallest absolute Gasteiger partial charge is 0.306 e. The topological polar surface area (TPSA) is 43.4 Å². The van der Waals surface area contributed by atoms with Crippen molar-refractivity contribution in [2.45, 2.75) is 117 Å². The summed E-state index contributed by atoms with van der Waals surface area (Å²) in [6.45, 7) is 7.01. The number of ether oxygens (including phenoxy) is 1. The molecular weight excluding hydrogens is 360 g/mol. The summed E-state index contributed by atoms with van der Waals surface area (Å²) < 4.78 is 5.92. The Balaban J connectivity index is 1.35. The van der Waals surface area contributed by atoms with Gasteiger partial charge in [-0.15, -0.1) is 0 Å². The van der Waals surface area contributed by atoms with Crippen molar-refractivity contribution in [1.82, 2.24) is 0 Å². The molecule has 0 unspecified atom stereocenters. The lowest BCUT2D eigenvalue weighted by Gasteiger charge is -2.60. The molecule has 0 bridgehead atoms. The highest BCUT2D eigenvalue weighted by Crippen LogP contribution is 2.65. The fourth-order valence-electron chi connectivity index (χ4n) is 8.04. The molecule has 0 aromatic carbocycles. The van der Waals surface area contributed by atoms with E-state index in [4.69, 9.17) is 4.74 Å². The molecule has 0 N–H and O–H groups in total. The first-order valence-corrected chi connectivity index (χ1v) is 12.6. The molecule has 0 aliphatic heterocycles. The van der Waals surface area contributed by atoms with Crippen LogP contribution in [0.2, 0.25) is 0 Å². The van der Waals surface area contributed by atoms with Crippen LogP contribution < -0.4 is 0 Å². The molecule has 7 atom stereocenters. The Hall–Kier alpha value is -0.860. The minimum Gasteiger partial charge on any atom is -0.462 e. The first-order chi connectivity index (χ1) is 13.9. The molecule has 0 heterocycles. The van der Waals surface area contributed by atoms with Gasteiger partial charge < -0.3 is 4.74 Å². The summed E-state index contributed by atoms with van der Waals surface area (Å²) in [5.41, 5.74) is 0.370. The summed E-state index contributed by atoms with van der Waals surface area (Å²) in [6, 6.07) is 0. The van der Waals surface area contributed by atoms with Gasteiger partial charge in [-0.25, -0.2) is 0 Å². The predicted octanol–water partition coefficient (Wildman–Crippen LogP) is 6.48. The molecule has 0 amide bonds. The van der Waals surface area contributed by atoms with Crippen LogP contribution in [0, 0.1) is 34.5 Å². The third kappa shape index (κ3) is 3.81. The Bertz CT molecular complexity index is 627. The van der Waals surface area contributed by atoms with Gasteiger partial charge in [-0.05, 0) is 86.9 Å². The molecule has 3 nitrogen and oxygen atoms in total. The van der Waals surface area contributed by atoms with Crippen molar-refractivity contribution < 1.29 is 14.3 Å². The van der Waals surface area contributed by atoms with Crippen LogP contribution in [0.3, 0.4) is 0 Å². The van der Waals surface area contributed by atoms with Gasteiger partial charge in [-0.1, -0.05) is 40.0 Å². The maximum Gasteiger partial charge on any atom is 0.306 e. The van der Waals surface area contributed by atoms with Gasteiger partial charge in [-0.2, -0.15) is 0 Å². The first kappa shape index (κ1) is 21.4. The van der Waals surface area contributed by atoms with E-state index >= 15 is 0 Å². The van der Waals surface area contributed by atoms with Gasteiger partial charge >= 0.3 is 5.97 Å². The van der Waals surface area contributed by atoms with Crippen LogP contribution in [0.5, 0.6) is 0 Å². The summed E-state index contributed by atoms with van der Waals surface area (Å²) in [4.78, 5) is 24.9. The summed E-state index contributed by atoms with van der Waals surface area (Å²) in [6.07, 6.45) is 15.4. The molecule has 164 valence electrons. The van der Waals surface area contributed by atoms with E-state index in [9.17, 15) is 9.59 Å². The number of unbranched alkanes of at least 4 members (excludes halogenated alkanes) is 3. The average molecular weight is 403 g/mol. The van der Waals surface area contributed by atoms with E-state index in [-0.39, 0.29) is 17.5 Å². The zero-order valence-corrected chi connectivity index (χ0v) is 19.0. The Labute approximate surface area is 177 Å². The van der Waals surface area contributed by atoms with Crippen LogP contribution in [0.25, 0.3) is 0 Å². The van der Waals surface area contributed by atoms with E-state index in [0.717, 1.165) is 56.8 Å². The van der Waals surface area contributed by atoms with Gasteiger partial charge in [0, 0.05) is 18.3 Å². The molecule has 4 aliphatic rings. The van der Waals surface area contributed by atoms with Gasteiger partial charge in [0.05, 0.1) is 0 Å². The van der Waals surface area contributed by atoms with Crippen molar-refractivity contribution in [2.24, 2.45) is 34.5 Å². The largest absolute Gasteiger partial charge is 0.462 e. The second kappa shape index (κ2) is 8.35. The highest BCUT2D eigenvalue weighted by molar-refractivity contribution is 5.87. The Morgan fingerprint density at radius 1 is 1.00 bits per heavy atom. The minimum absolute atomic E-state index is 0.0190. The number of carbonyl (C=O) groups is 2.